The van der Waals surface area contributed by atoms with Crippen molar-refractivity contribution in [2.75, 3.05) is 6.61 Å². The zero-order valence-electron chi connectivity index (χ0n) is 7.89. The predicted octanol–water partition coefficient (Wildman–Crippen LogP) is 0.963. The van der Waals surface area contributed by atoms with Crippen molar-refractivity contribution in [1.29, 1.82) is 0 Å². The van der Waals surface area contributed by atoms with Gasteiger partial charge in [-0.2, -0.15) is 0 Å². The van der Waals surface area contributed by atoms with Crippen molar-refractivity contribution in [1.82, 2.24) is 5.43 Å². The lowest BCUT2D eigenvalue weighted by Crippen LogP contribution is -2.51. The van der Waals surface area contributed by atoms with Crippen molar-refractivity contribution in [3.8, 4) is 0 Å². The molecular formula is C9H18N2O. The van der Waals surface area contributed by atoms with E-state index in [1.807, 2.05) is 6.92 Å². The number of hydrogen-bond acceptors (Lipinski definition) is 3. The summed E-state index contributed by atoms with van der Waals surface area (Å²) in [6.45, 7) is 8.78. The van der Waals surface area contributed by atoms with Crippen LogP contribution in [-0.4, -0.2) is 18.2 Å². The number of nitrogens with one attached hydrogen (secondary N) is 1. The minimum Gasteiger partial charge on any atom is -0.373 e. The van der Waals surface area contributed by atoms with Gasteiger partial charge < -0.3 is 4.74 Å². The van der Waals surface area contributed by atoms with Crippen LogP contribution in [0, 0.1) is 0 Å². The second-order valence-electron chi connectivity index (χ2n) is 3.71. The number of ether oxygens (including phenoxy) is 1. The van der Waals surface area contributed by atoms with Gasteiger partial charge in [0.15, 0.2) is 0 Å². The minimum atomic E-state index is -0.152. The molecular weight excluding hydrogens is 152 g/mol. The Morgan fingerprint density at radius 2 is 2.42 bits per heavy atom. The Hall–Kier alpha value is -0.380. The van der Waals surface area contributed by atoms with E-state index in [0.717, 1.165) is 25.0 Å². The lowest BCUT2D eigenvalue weighted by Gasteiger charge is -2.33. The molecule has 3 nitrogen and oxygen atoms in total. The van der Waals surface area contributed by atoms with Crippen molar-refractivity contribution in [2.45, 2.75) is 38.3 Å². The highest BCUT2D eigenvalue weighted by atomic mass is 16.5. The summed E-state index contributed by atoms with van der Waals surface area (Å²) in [7, 11) is 0. The first-order valence-electron chi connectivity index (χ1n) is 4.35. The van der Waals surface area contributed by atoms with E-state index >= 15 is 0 Å². The maximum absolute atomic E-state index is 5.65. The second-order valence-corrected chi connectivity index (χ2v) is 3.71. The average Bonchev–Trinajstić information content (AvgIpc) is 2.37. The normalized spacial score (nSPS) is 31.9. The Morgan fingerprint density at radius 1 is 1.75 bits per heavy atom. The Labute approximate surface area is 73.9 Å². The molecule has 0 saturated carbocycles. The summed E-state index contributed by atoms with van der Waals surface area (Å²) >= 11 is 0. The summed E-state index contributed by atoms with van der Waals surface area (Å²) in [5.74, 6) is 5.45. The minimum absolute atomic E-state index is 0.0694. The third-order valence-corrected chi connectivity index (χ3v) is 2.52. The molecule has 70 valence electrons. The van der Waals surface area contributed by atoms with E-state index in [2.05, 4.69) is 18.9 Å². The molecule has 1 heterocycles. The van der Waals surface area contributed by atoms with Crippen LogP contribution in [0.2, 0.25) is 0 Å². The molecule has 2 unspecified atom stereocenters. The molecule has 1 fully saturated rings. The van der Waals surface area contributed by atoms with E-state index in [4.69, 9.17) is 10.6 Å². The topological polar surface area (TPSA) is 47.3 Å². The van der Waals surface area contributed by atoms with E-state index in [1.54, 1.807) is 0 Å². The Kier molecular flexibility index (Phi) is 2.88. The highest BCUT2D eigenvalue weighted by molar-refractivity contribution is 5.11. The van der Waals surface area contributed by atoms with Gasteiger partial charge in [-0.25, -0.2) is 0 Å². The molecule has 0 aromatic carbocycles. The van der Waals surface area contributed by atoms with Crippen molar-refractivity contribution in [3.63, 3.8) is 0 Å². The van der Waals surface area contributed by atoms with Crippen LogP contribution in [-0.2, 0) is 4.74 Å². The average molecular weight is 170 g/mol. The molecule has 2 atom stereocenters. The van der Waals surface area contributed by atoms with E-state index in [9.17, 15) is 0 Å². The molecule has 3 heteroatoms. The molecule has 1 aliphatic heterocycles. The molecule has 1 saturated heterocycles. The first-order valence-corrected chi connectivity index (χ1v) is 4.35. The molecule has 1 aliphatic rings. The molecule has 0 aliphatic carbocycles. The largest absolute Gasteiger partial charge is 0.373 e. The summed E-state index contributed by atoms with van der Waals surface area (Å²) in [6.07, 6.45) is 2.16. The lowest BCUT2D eigenvalue weighted by molar-refractivity contribution is -0.00154. The van der Waals surface area contributed by atoms with E-state index in [0.29, 0.717) is 0 Å². The lowest BCUT2D eigenvalue weighted by atomic mass is 9.89. The van der Waals surface area contributed by atoms with Gasteiger partial charge in [-0.15, -0.1) is 0 Å². The van der Waals surface area contributed by atoms with Crippen LogP contribution in [0.3, 0.4) is 0 Å². The van der Waals surface area contributed by atoms with Gasteiger partial charge in [-0.1, -0.05) is 12.2 Å². The molecule has 0 aromatic heterocycles. The van der Waals surface area contributed by atoms with Crippen LogP contribution < -0.4 is 11.3 Å². The summed E-state index contributed by atoms with van der Waals surface area (Å²) in [5, 5.41) is 0. The van der Waals surface area contributed by atoms with Gasteiger partial charge >= 0.3 is 0 Å². The standard InChI is InChI=1S/C9H18N2O/c1-7(2)8(11-10)9(3)5-4-6-12-9/h8,11H,1,4-6,10H2,2-3H3. The zero-order chi connectivity index (χ0) is 9.19. The maximum atomic E-state index is 5.65. The van der Waals surface area contributed by atoms with E-state index in [-0.39, 0.29) is 11.6 Å². The monoisotopic (exact) mass is 170 g/mol. The molecule has 1 rings (SSSR count). The smallest absolute Gasteiger partial charge is 0.0858 e. The van der Waals surface area contributed by atoms with Gasteiger partial charge in [0.2, 0.25) is 0 Å². The second kappa shape index (κ2) is 3.56. The molecule has 0 radical (unpaired) electrons. The van der Waals surface area contributed by atoms with Gasteiger partial charge in [0.05, 0.1) is 11.6 Å². The highest BCUT2D eigenvalue weighted by Gasteiger charge is 2.38. The summed E-state index contributed by atoms with van der Waals surface area (Å²) in [6, 6.07) is 0.0694. The van der Waals surface area contributed by atoms with Gasteiger partial charge in [-0.3, -0.25) is 11.3 Å². The van der Waals surface area contributed by atoms with Crippen molar-refractivity contribution >= 4 is 0 Å². The number of hydrazine groups is 1. The van der Waals surface area contributed by atoms with Crippen molar-refractivity contribution in [3.05, 3.63) is 12.2 Å². The van der Waals surface area contributed by atoms with E-state index < -0.39 is 0 Å². The fourth-order valence-corrected chi connectivity index (χ4v) is 1.87. The van der Waals surface area contributed by atoms with Crippen LogP contribution in [0.15, 0.2) is 12.2 Å². The van der Waals surface area contributed by atoms with Gasteiger partial charge in [0.25, 0.3) is 0 Å². The Morgan fingerprint density at radius 3 is 2.75 bits per heavy atom. The van der Waals surface area contributed by atoms with Crippen LogP contribution in [0.5, 0.6) is 0 Å². The zero-order valence-corrected chi connectivity index (χ0v) is 7.89. The SMILES string of the molecule is C=C(C)C(NN)C1(C)CCCO1. The Balaban J connectivity index is 2.69. The summed E-state index contributed by atoms with van der Waals surface area (Å²) in [5.41, 5.74) is 3.64. The quantitative estimate of drug-likeness (QED) is 0.377. The molecule has 12 heavy (non-hydrogen) atoms. The number of hydrogen-bond donors (Lipinski definition) is 2. The van der Waals surface area contributed by atoms with Gasteiger partial charge in [-0.05, 0) is 26.7 Å². The fourth-order valence-electron chi connectivity index (χ4n) is 1.87. The first-order chi connectivity index (χ1) is 5.60. The maximum Gasteiger partial charge on any atom is 0.0858 e. The van der Waals surface area contributed by atoms with E-state index in [1.165, 1.54) is 0 Å². The van der Waals surface area contributed by atoms with Crippen LogP contribution in [0.1, 0.15) is 26.7 Å². The molecule has 0 aromatic rings. The highest BCUT2D eigenvalue weighted by Crippen LogP contribution is 2.30. The fraction of sp³-hybridized carbons (Fsp3) is 0.778. The van der Waals surface area contributed by atoms with Crippen LogP contribution in [0.4, 0.5) is 0 Å². The predicted molar refractivity (Wildman–Crippen MR) is 49.5 cm³/mol. The molecule has 3 N–H and O–H groups in total. The first kappa shape index (κ1) is 9.71. The van der Waals surface area contributed by atoms with Crippen LogP contribution >= 0.6 is 0 Å². The molecule has 0 spiro atoms. The third-order valence-electron chi connectivity index (χ3n) is 2.52. The summed E-state index contributed by atoms with van der Waals surface area (Å²) in [4.78, 5) is 0. The van der Waals surface area contributed by atoms with Crippen molar-refractivity contribution < 1.29 is 4.74 Å². The Bertz CT molecular complexity index is 173. The van der Waals surface area contributed by atoms with Crippen LogP contribution in [0.25, 0.3) is 0 Å². The molecule has 0 bridgehead atoms. The van der Waals surface area contributed by atoms with Gasteiger partial charge in [0, 0.05) is 6.61 Å². The number of rotatable bonds is 3. The van der Waals surface area contributed by atoms with Crippen molar-refractivity contribution in [2.24, 2.45) is 5.84 Å². The van der Waals surface area contributed by atoms with Gasteiger partial charge in [0.1, 0.15) is 0 Å². The summed E-state index contributed by atoms with van der Waals surface area (Å²) < 4.78 is 5.65. The molecule has 0 amide bonds. The number of nitrogens with two attached hydrogens (primary N) is 1. The third kappa shape index (κ3) is 1.68.